The van der Waals surface area contributed by atoms with E-state index < -0.39 is 20.6 Å². The quantitative estimate of drug-likeness (QED) is 0.497. The van der Waals surface area contributed by atoms with E-state index in [9.17, 15) is 13.5 Å². The van der Waals surface area contributed by atoms with Crippen LogP contribution < -0.4 is 0 Å². The van der Waals surface area contributed by atoms with Crippen molar-refractivity contribution in [1.29, 1.82) is 5.39 Å². The summed E-state index contributed by atoms with van der Waals surface area (Å²) in [5, 5.41) is 18.4. The molecule has 1 aromatic carbocycles. The summed E-state index contributed by atoms with van der Waals surface area (Å²) in [4.78, 5) is 2.89. The molecule has 0 radical (unpaired) electrons. The predicted octanol–water partition coefficient (Wildman–Crippen LogP) is 4.32. The molecule has 6 heteroatoms. The Labute approximate surface area is 131 Å². The average Bonchev–Trinajstić information content (AvgIpc) is 2.34. The van der Waals surface area contributed by atoms with E-state index in [1.807, 2.05) is 6.92 Å². The molecule has 0 saturated heterocycles. The van der Waals surface area contributed by atoms with Gasteiger partial charge in [0.05, 0.1) is 4.90 Å². The lowest BCUT2D eigenvalue weighted by atomic mass is 10.1. The molecule has 0 unspecified atom stereocenters. The summed E-state index contributed by atoms with van der Waals surface area (Å²) in [6, 6.07) is 3.47. The first-order valence-electron chi connectivity index (χ1n) is 6.85. The third-order valence-corrected chi connectivity index (χ3v) is 5.26. The van der Waals surface area contributed by atoms with Crippen LogP contribution >= 0.6 is 0 Å². The first kappa shape index (κ1) is 17.9. The number of hydrogen-bond acceptors (Lipinski definition) is 4. The lowest BCUT2D eigenvalue weighted by molar-refractivity contribution is 0.385. The SMILES string of the molecule is C=C(C)CC/C(O)=C(\[N+]#N)S(=O)(=O)c1c(C)cc(C)cc1C. The fraction of sp³-hybridized carbons (Fsp3) is 0.375. The Morgan fingerprint density at radius 3 is 2.14 bits per heavy atom. The molecular formula is C16H21N2O3S+. The van der Waals surface area contributed by atoms with Crippen molar-refractivity contribution in [3.8, 4) is 0 Å². The topological polar surface area (TPSA) is 82.5 Å². The van der Waals surface area contributed by atoms with Crippen molar-refractivity contribution in [3.63, 3.8) is 0 Å². The van der Waals surface area contributed by atoms with Gasteiger partial charge in [0.15, 0.2) is 4.98 Å². The van der Waals surface area contributed by atoms with Gasteiger partial charge in [0.2, 0.25) is 11.2 Å². The molecule has 0 amide bonds. The molecule has 118 valence electrons. The summed E-state index contributed by atoms with van der Waals surface area (Å²) < 4.78 is 25.4. The van der Waals surface area contributed by atoms with E-state index in [1.54, 1.807) is 32.9 Å². The number of benzene rings is 1. The van der Waals surface area contributed by atoms with Crippen LogP contribution in [0.3, 0.4) is 0 Å². The predicted molar refractivity (Wildman–Crippen MR) is 86.6 cm³/mol. The van der Waals surface area contributed by atoms with Gasteiger partial charge in [0.1, 0.15) is 0 Å². The summed E-state index contributed by atoms with van der Waals surface area (Å²) in [6.07, 6.45) is 0.462. The second kappa shape index (κ2) is 6.75. The van der Waals surface area contributed by atoms with Crippen molar-refractivity contribution in [2.45, 2.75) is 45.4 Å². The molecule has 0 aromatic heterocycles. The van der Waals surface area contributed by atoms with Crippen LogP contribution in [0.15, 0.2) is 40.0 Å². The van der Waals surface area contributed by atoms with Crippen molar-refractivity contribution in [3.05, 3.63) is 56.7 Å². The lowest BCUT2D eigenvalue weighted by Crippen LogP contribution is -2.09. The van der Waals surface area contributed by atoms with E-state index in [4.69, 9.17) is 5.39 Å². The van der Waals surface area contributed by atoms with Gasteiger partial charge in [-0.15, -0.1) is 6.58 Å². The van der Waals surface area contributed by atoms with Gasteiger partial charge in [-0.25, -0.2) is 8.42 Å². The molecule has 0 aliphatic rings. The fourth-order valence-corrected chi connectivity index (χ4v) is 4.07. The van der Waals surface area contributed by atoms with Crippen molar-refractivity contribution in [2.75, 3.05) is 0 Å². The van der Waals surface area contributed by atoms with E-state index in [2.05, 4.69) is 11.6 Å². The second-order valence-corrected chi connectivity index (χ2v) is 7.34. The Morgan fingerprint density at radius 1 is 1.23 bits per heavy atom. The summed E-state index contributed by atoms with van der Waals surface area (Å²) in [5.41, 5.74) is 2.83. The molecule has 0 aliphatic carbocycles. The van der Waals surface area contributed by atoms with Crippen molar-refractivity contribution < 1.29 is 13.5 Å². The molecule has 0 aliphatic heterocycles. The van der Waals surface area contributed by atoms with Gasteiger partial charge in [0, 0.05) is 6.42 Å². The lowest BCUT2D eigenvalue weighted by Gasteiger charge is -2.08. The molecule has 0 saturated carbocycles. The van der Waals surface area contributed by atoms with Crippen LogP contribution in [0.2, 0.25) is 0 Å². The van der Waals surface area contributed by atoms with Gasteiger partial charge < -0.3 is 5.11 Å². The second-order valence-electron chi connectivity index (χ2n) is 5.54. The maximum absolute atomic E-state index is 12.7. The van der Waals surface area contributed by atoms with Crippen LogP contribution in [0, 0.1) is 26.2 Å². The van der Waals surface area contributed by atoms with Gasteiger partial charge in [-0.2, -0.15) is 0 Å². The zero-order chi connectivity index (χ0) is 17.1. The van der Waals surface area contributed by atoms with Crippen LogP contribution in [0.25, 0.3) is 4.98 Å². The number of rotatable bonds is 5. The van der Waals surface area contributed by atoms with Gasteiger partial charge >= 0.3 is 5.03 Å². The number of nitrogens with zero attached hydrogens (tertiary/aromatic N) is 2. The number of allylic oxidation sites excluding steroid dienone is 2. The van der Waals surface area contributed by atoms with E-state index >= 15 is 0 Å². The molecule has 1 rings (SSSR count). The van der Waals surface area contributed by atoms with Gasteiger partial charge in [-0.05, 0) is 45.2 Å². The van der Waals surface area contributed by atoms with Crippen LogP contribution in [-0.2, 0) is 9.84 Å². The molecule has 1 N–H and O–H groups in total. The van der Waals surface area contributed by atoms with E-state index in [0.29, 0.717) is 17.5 Å². The Kier molecular flexibility index (Phi) is 5.50. The minimum absolute atomic E-state index is 0.0535. The zero-order valence-corrected chi connectivity index (χ0v) is 14.2. The molecule has 0 bridgehead atoms. The van der Waals surface area contributed by atoms with Crippen molar-refractivity contribution >= 4 is 9.84 Å². The third-order valence-electron chi connectivity index (χ3n) is 3.25. The Morgan fingerprint density at radius 2 is 1.73 bits per heavy atom. The summed E-state index contributed by atoms with van der Waals surface area (Å²) in [5.74, 6) is -0.468. The largest absolute Gasteiger partial charge is 0.515 e. The number of diazo groups is 1. The molecule has 1 aromatic rings. The molecule has 5 nitrogen and oxygen atoms in total. The number of hydrogen-bond donors (Lipinski definition) is 1. The minimum Gasteiger partial charge on any atom is -0.504 e. The normalized spacial score (nSPS) is 12.5. The number of sulfone groups is 1. The highest BCUT2D eigenvalue weighted by molar-refractivity contribution is 7.95. The number of aryl methyl sites for hydroxylation is 3. The van der Waals surface area contributed by atoms with Gasteiger partial charge in [-0.1, -0.05) is 23.3 Å². The van der Waals surface area contributed by atoms with Crippen LogP contribution in [0.1, 0.15) is 36.5 Å². The average molecular weight is 321 g/mol. The first-order valence-corrected chi connectivity index (χ1v) is 8.34. The minimum atomic E-state index is -4.09. The van der Waals surface area contributed by atoms with E-state index in [-0.39, 0.29) is 11.3 Å². The molecule has 0 fully saturated rings. The van der Waals surface area contributed by atoms with Crippen molar-refractivity contribution in [1.82, 2.24) is 0 Å². The molecular weight excluding hydrogens is 300 g/mol. The summed E-state index contributed by atoms with van der Waals surface area (Å²) in [6.45, 7) is 10.7. The fourth-order valence-electron chi connectivity index (χ4n) is 2.39. The molecule has 0 heterocycles. The molecule has 0 spiro atoms. The smallest absolute Gasteiger partial charge is 0.504 e. The number of aliphatic hydroxyl groups is 1. The number of aliphatic hydroxyl groups excluding tert-OH is 1. The first-order chi connectivity index (χ1) is 10.1. The van der Waals surface area contributed by atoms with Crippen LogP contribution in [0.4, 0.5) is 0 Å². The maximum Gasteiger partial charge on any atom is 0.515 e. The highest BCUT2D eigenvalue weighted by atomic mass is 32.2. The van der Waals surface area contributed by atoms with E-state index in [1.165, 1.54) is 0 Å². The highest BCUT2D eigenvalue weighted by Gasteiger charge is 2.39. The summed E-state index contributed by atoms with van der Waals surface area (Å²) in [7, 11) is -4.09. The standard InChI is InChI=1S/C16H20N2O3S/c1-10(2)6-7-14(19)16(18-17)22(20,21)15-12(4)8-11(3)9-13(15)5/h8-9H,1,6-7H2,2-5H3/p+1/b16-14-. The Hall–Kier alpha value is -2.13. The molecule has 22 heavy (non-hydrogen) atoms. The Balaban J connectivity index is 3.48. The zero-order valence-electron chi connectivity index (χ0n) is 13.3. The van der Waals surface area contributed by atoms with E-state index in [0.717, 1.165) is 11.1 Å². The van der Waals surface area contributed by atoms with Crippen LogP contribution in [0.5, 0.6) is 0 Å². The molecule has 0 atom stereocenters. The monoisotopic (exact) mass is 321 g/mol. The van der Waals surface area contributed by atoms with Gasteiger partial charge in [-0.3, -0.25) is 0 Å². The maximum atomic E-state index is 12.7. The van der Waals surface area contributed by atoms with Crippen molar-refractivity contribution in [2.24, 2.45) is 0 Å². The third kappa shape index (κ3) is 3.74. The van der Waals surface area contributed by atoms with Gasteiger partial charge in [0.25, 0.3) is 9.84 Å². The van der Waals surface area contributed by atoms with Crippen LogP contribution in [-0.4, -0.2) is 13.5 Å². The Bertz CT molecular complexity index is 761. The highest BCUT2D eigenvalue weighted by Crippen LogP contribution is 2.30. The summed E-state index contributed by atoms with van der Waals surface area (Å²) >= 11 is 0.